The summed E-state index contributed by atoms with van der Waals surface area (Å²) in [6.45, 7) is 1.48. The summed E-state index contributed by atoms with van der Waals surface area (Å²) in [6.07, 6.45) is 0. The number of benzene rings is 1. The summed E-state index contributed by atoms with van der Waals surface area (Å²) in [5, 5.41) is 3.48. The number of hydrazine groups is 2. The number of rotatable bonds is 1. The number of likely N-dealkylation sites (N-methyl/N-ethyl adjacent to an activating group) is 1. The molecule has 3 nitrogen and oxygen atoms in total. The zero-order valence-corrected chi connectivity index (χ0v) is 7.80. The van der Waals surface area contributed by atoms with Crippen LogP contribution in [-0.2, 0) is 0 Å². The van der Waals surface area contributed by atoms with Gasteiger partial charge in [-0.2, -0.15) is 5.53 Å². The van der Waals surface area contributed by atoms with Gasteiger partial charge >= 0.3 is 0 Å². The second-order valence-electron chi connectivity index (χ2n) is 3.27. The van der Waals surface area contributed by atoms with E-state index >= 15 is 0 Å². The Balaban J connectivity index is 2.24. The standard InChI is InChI=1S/C9H11F2N3/c1-13-4-5-14(12-13)9-3-2-7(10)6-8(9)11/h2-3,6,12H,4-5H2,1H3. The molecule has 0 aliphatic carbocycles. The molecule has 1 aromatic carbocycles. The lowest BCUT2D eigenvalue weighted by atomic mass is 10.3. The average Bonchev–Trinajstić information content (AvgIpc) is 2.51. The third-order valence-corrected chi connectivity index (χ3v) is 2.15. The smallest absolute Gasteiger partial charge is 0.150 e. The predicted octanol–water partition coefficient (Wildman–Crippen LogP) is 1.14. The molecule has 0 amide bonds. The molecular formula is C9H11F2N3. The van der Waals surface area contributed by atoms with E-state index in [1.165, 1.54) is 12.1 Å². The van der Waals surface area contributed by atoms with Crippen LogP contribution >= 0.6 is 0 Å². The van der Waals surface area contributed by atoms with Crippen molar-refractivity contribution in [3.63, 3.8) is 0 Å². The van der Waals surface area contributed by atoms with E-state index in [4.69, 9.17) is 0 Å². The summed E-state index contributed by atoms with van der Waals surface area (Å²) in [5.74, 6) is -1.10. The summed E-state index contributed by atoms with van der Waals surface area (Å²) in [6, 6.07) is 3.56. The van der Waals surface area contributed by atoms with Crippen LogP contribution in [0.4, 0.5) is 14.5 Å². The number of nitrogens with zero attached hydrogens (tertiary/aromatic N) is 2. The van der Waals surface area contributed by atoms with Gasteiger partial charge in [-0.15, -0.1) is 0 Å². The summed E-state index contributed by atoms with van der Waals surface area (Å²) in [5.41, 5.74) is 3.31. The van der Waals surface area contributed by atoms with Gasteiger partial charge in [-0.05, 0) is 12.1 Å². The maximum atomic E-state index is 13.3. The van der Waals surface area contributed by atoms with Gasteiger partial charge in [0, 0.05) is 19.7 Å². The zero-order chi connectivity index (χ0) is 10.1. The Bertz CT molecular complexity index is 343. The number of anilines is 1. The van der Waals surface area contributed by atoms with Crippen LogP contribution in [0, 0.1) is 11.6 Å². The van der Waals surface area contributed by atoms with Crippen molar-refractivity contribution in [2.24, 2.45) is 0 Å². The number of nitrogens with one attached hydrogen (secondary N) is 1. The maximum absolute atomic E-state index is 13.3. The quantitative estimate of drug-likeness (QED) is 0.731. The molecule has 1 heterocycles. The van der Waals surface area contributed by atoms with Crippen molar-refractivity contribution >= 4 is 5.69 Å². The fourth-order valence-corrected chi connectivity index (χ4v) is 1.43. The molecule has 0 unspecified atom stereocenters. The van der Waals surface area contributed by atoms with Crippen molar-refractivity contribution in [2.45, 2.75) is 0 Å². The van der Waals surface area contributed by atoms with E-state index in [0.29, 0.717) is 12.2 Å². The highest BCUT2D eigenvalue weighted by atomic mass is 19.1. The minimum atomic E-state index is -0.557. The molecule has 1 aromatic rings. The highest BCUT2D eigenvalue weighted by Gasteiger charge is 2.19. The first-order chi connectivity index (χ1) is 6.66. The lowest BCUT2D eigenvalue weighted by Gasteiger charge is -2.19. The molecule has 1 N–H and O–H groups in total. The predicted molar refractivity (Wildman–Crippen MR) is 49.5 cm³/mol. The van der Waals surface area contributed by atoms with Crippen LogP contribution in [0.3, 0.4) is 0 Å². The average molecular weight is 199 g/mol. The number of hydrogen-bond donors (Lipinski definition) is 1. The zero-order valence-electron chi connectivity index (χ0n) is 7.80. The first-order valence-corrected chi connectivity index (χ1v) is 4.37. The molecule has 1 aliphatic rings. The fraction of sp³-hybridized carbons (Fsp3) is 0.333. The molecule has 1 fully saturated rings. The third-order valence-electron chi connectivity index (χ3n) is 2.15. The van der Waals surface area contributed by atoms with Crippen LogP contribution in [0.25, 0.3) is 0 Å². The van der Waals surface area contributed by atoms with Crippen LogP contribution in [0.15, 0.2) is 18.2 Å². The molecule has 0 saturated carbocycles. The first kappa shape index (κ1) is 9.36. The molecule has 1 saturated heterocycles. The minimum Gasteiger partial charge on any atom is -0.291 e. The Kier molecular flexibility index (Phi) is 2.35. The van der Waals surface area contributed by atoms with Crippen molar-refractivity contribution in [3.05, 3.63) is 29.8 Å². The lowest BCUT2D eigenvalue weighted by Crippen LogP contribution is -2.37. The largest absolute Gasteiger partial charge is 0.291 e. The molecule has 0 spiro atoms. The van der Waals surface area contributed by atoms with Crippen molar-refractivity contribution in [2.75, 3.05) is 25.1 Å². The molecule has 0 aromatic heterocycles. The van der Waals surface area contributed by atoms with Gasteiger partial charge in [0.2, 0.25) is 0 Å². The molecule has 76 valence electrons. The van der Waals surface area contributed by atoms with E-state index in [-0.39, 0.29) is 0 Å². The van der Waals surface area contributed by atoms with Crippen molar-refractivity contribution in [3.8, 4) is 0 Å². The monoisotopic (exact) mass is 199 g/mol. The highest BCUT2D eigenvalue weighted by Crippen LogP contribution is 2.20. The molecule has 5 heteroatoms. The van der Waals surface area contributed by atoms with Crippen molar-refractivity contribution in [1.29, 1.82) is 0 Å². The SMILES string of the molecule is CN1CCN(c2ccc(F)cc2F)N1. The maximum Gasteiger partial charge on any atom is 0.150 e. The van der Waals surface area contributed by atoms with Crippen LogP contribution in [-0.4, -0.2) is 25.1 Å². The van der Waals surface area contributed by atoms with Crippen LogP contribution in [0.2, 0.25) is 0 Å². The van der Waals surface area contributed by atoms with Crippen LogP contribution in [0.1, 0.15) is 0 Å². The Morgan fingerprint density at radius 1 is 1.29 bits per heavy atom. The lowest BCUT2D eigenvalue weighted by molar-refractivity contribution is 0.308. The molecule has 0 bridgehead atoms. The Morgan fingerprint density at radius 3 is 2.64 bits per heavy atom. The second kappa shape index (κ2) is 3.51. The normalized spacial score (nSPS) is 17.8. The van der Waals surface area contributed by atoms with Gasteiger partial charge in [-0.25, -0.2) is 13.8 Å². The van der Waals surface area contributed by atoms with Gasteiger partial charge in [-0.3, -0.25) is 5.01 Å². The van der Waals surface area contributed by atoms with E-state index in [2.05, 4.69) is 5.53 Å². The minimum absolute atomic E-state index is 0.371. The van der Waals surface area contributed by atoms with Crippen molar-refractivity contribution in [1.82, 2.24) is 10.5 Å². The summed E-state index contributed by atoms with van der Waals surface area (Å²) in [4.78, 5) is 0. The molecule has 1 aliphatic heterocycles. The van der Waals surface area contributed by atoms with Gasteiger partial charge in [0.15, 0.2) is 5.82 Å². The van der Waals surface area contributed by atoms with E-state index in [1.54, 1.807) is 5.01 Å². The molecule has 0 radical (unpaired) electrons. The second-order valence-corrected chi connectivity index (χ2v) is 3.27. The van der Waals surface area contributed by atoms with Gasteiger partial charge in [0.25, 0.3) is 0 Å². The molecule has 0 atom stereocenters. The molecule has 14 heavy (non-hydrogen) atoms. The summed E-state index contributed by atoms with van der Waals surface area (Å²) >= 11 is 0. The Morgan fingerprint density at radius 2 is 2.07 bits per heavy atom. The highest BCUT2D eigenvalue weighted by molar-refractivity contribution is 5.47. The summed E-state index contributed by atoms with van der Waals surface area (Å²) in [7, 11) is 1.86. The molecule has 2 rings (SSSR count). The molecular weight excluding hydrogens is 188 g/mol. The number of hydrogen-bond acceptors (Lipinski definition) is 3. The van der Waals surface area contributed by atoms with Gasteiger partial charge in [0.1, 0.15) is 5.82 Å². The third kappa shape index (κ3) is 1.69. The van der Waals surface area contributed by atoms with Gasteiger partial charge in [0.05, 0.1) is 12.2 Å². The van der Waals surface area contributed by atoms with E-state index in [0.717, 1.165) is 12.6 Å². The Hall–Kier alpha value is -1.20. The van der Waals surface area contributed by atoms with Gasteiger partial charge in [-0.1, -0.05) is 0 Å². The van der Waals surface area contributed by atoms with E-state index < -0.39 is 11.6 Å². The Labute approximate surface area is 80.9 Å². The van der Waals surface area contributed by atoms with Crippen LogP contribution < -0.4 is 10.5 Å². The van der Waals surface area contributed by atoms with Crippen LogP contribution in [0.5, 0.6) is 0 Å². The number of halogens is 2. The fourth-order valence-electron chi connectivity index (χ4n) is 1.43. The van der Waals surface area contributed by atoms with E-state index in [1.807, 2.05) is 12.1 Å². The van der Waals surface area contributed by atoms with Crippen molar-refractivity contribution < 1.29 is 8.78 Å². The van der Waals surface area contributed by atoms with Gasteiger partial charge < -0.3 is 0 Å². The first-order valence-electron chi connectivity index (χ1n) is 4.37. The van der Waals surface area contributed by atoms with E-state index in [9.17, 15) is 8.78 Å². The summed E-state index contributed by atoms with van der Waals surface area (Å²) < 4.78 is 25.9. The topological polar surface area (TPSA) is 18.5 Å².